The SMILES string of the molecule is CCC(O)(CC)CNC(=O)NCCC1CCN(c2ccncc2)CC1. The van der Waals surface area contributed by atoms with Crippen LogP contribution in [0.3, 0.4) is 0 Å². The number of pyridine rings is 1. The fraction of sp³-hybridized carbons (Fsp3) is 0.684. The molecule has 1 saturated heterocycles. The van der Waals surface area contributed by atoms with Crippen molar-refractivity contribution in [1.82, 2.24) is 15.6 Å². The zero-order valence-electron chi connectivity index (χ0n) is 15.5. The number of nitrogens with zero attached hydrogens (tertiary/aromatic N) is 2. The lowest BCUT2D eigenvalue weighted by Gasteiger charge is -2.33. The Morgan fingerprint density at radius 2 is 1.88 bits per heavy atom. The van der Waals surface area contributed by atoms with Gasteiger partial charge < -0.3 is 20.6 Å². The molecule has 0 bridgehead atoms. The van der Waals surface area contributed by atoms with Gasteiger partial charge in [0.2, 0.25) is 0 Å². The second-order valence-corrected chi connectivity index (χ2v) is 6.97. The van der Waals surface area contributed by atoms with E-state index in [0.29, 0.717) is 31.8 Å². The number of urea groups is 1. The molecule has 25 heavy (non-hydrogen) atoms. The highest BCUT2D eigenvalue weighted by Gasteiger charge is 2.23. The van der Waals surface area contributed by atoms with Crippen molar-refractivity contribution in [2.45, 2.75) is 51.6 Å². The third-order valence-electron chi connectivity index (χ3n) is 5.37. The first-order valence-electron chi connectivity index (χ1n) is 9.45. The fourth-order valence-electron chi connectivity index (χ4n) is 3.23. The molecule has 2 amide bonds. The quantitative estimate of drug-likeness (QED) is 0.675. The highest BCUT2D eigenvalue weighted by Crippen LogP contribution is 2.24. The summed E-state index contributed by atoms with van der Waals surface area (Å²) in [6, 6.07) is 3.93. The van der Waals surface area contributed by atoms with Crippen LogP contribution in [0.15, 0.2) is 24.5 Å². The van der Waals surface area contributed by atoms with Gasteiger partial charge in [-0.2, -0.15) is 0 Å². The minimum absolute atomic E-state index is 0.186. The number of carbonyl (C=O) groups excluding carboxylic acids is 1. The number of piperidine rings is 1. The van der Waals surface area contributed by atoms with Crippen molar-refractivity contribution in [2.24, 2.45) is 5.92 Å². The Labute approximate surface area is 151 Å². The minimum atomic E-state index is -0.795. The number of amides is 2. The fourth-order valence-corrected chi connectivity index (χ4v) is 3.23. The molecular formula is C19H32N4O2. The Kier molecular flexibility index (Phi) is 7.50. The minimum Gasteiger partial charge on any atom is -0.388 e. The number of aromatic nitrogens is 1. The number of carbonyl (C=O) groups is 1. The molecule has 1 aromatic rings. The summed E-state index contributed by atoms with van der Waals surface area (Å²) in [5, 5.41) is 15.9. The van der Waals surface area contributed by atoms with E-state index in [2.05, 4.69) is 32.7 Å². The Morgan fingerprint density at radius 3 is 2.48 bits per heavy atom. The molecule has 1 aliphatic rings. The van der Waals surface area contributed by atoms with Crippen LogP contribution < -0.4 is 15.5 Å². The second kappa shape index (κ2) is 9.61. The van der Waals surface area contributed by atoms with E-state index in [9.17, 15) is 9.90 Å². The van der Waals surface area contributed by atoms with Gasteiger partial charge in [-0.3, -0.25) is 4.98 Å². The lowest BCUT2D eigenvalue weighted by Crippen LogP contribution is -2.46. The van der Waals surface area contributed by atoms with Crippen LogP contribution in [0.1, 0.15) is 46.0 Å². The van der Waals surface area contributed by atoms with Crippen LogP contribution in [-0.2, 0) is 0 Å². The normalized spacial score (nSPS) is 15.9. The van der Waals surface area contributed by atoms with Crippen molar-refractivity contribution in [2.75, 3.05) is 31.1 Å². The maximum Gasteiger partial charge on any atom is 0.314 e. The molecule has 0 aromatic carbocycles. The predicted molar refractivity (Wildman–Crippen MR) is 101 cm³/mol. The van der Waals surface area contributed by atoms with Crippen molar-refractivity contribution in [1.29, 1.82) is 0 Å². The number of nitrogens with one attached hydrogen (secondary N) is 2. The van der Waals surface area contributed by atoms with E-state index < -0.39 is 5.60 Å². The standard InChI is InChI=1S/C19H32N4O2/c1-3-19(25,4-2)15-22-18(24)21-12-5-16-8-13-23(14-9-16)17-6-10-20-11-7-17/h6-7,10-11,16,25H,3-5,8-9,12-15H2,1-2H3,(H2,21,22,24). The molecule has 0 unspecified atom stereocenters. The highest BCUT2D eigenvalue weighted by molar-refractivity contribution is 5.73. The monoisotopic (exact) mass is 348 g/mol. The number of hydrogen-bond donors (Lipinski definition) is 3. The number of rotatable bonds is 8. The highest BCUT2D eigenvalue weighted by atomic mass is 16.3. The molecular weight excluding hydrogens is 316 g/mol. The zero-order chi connectivity index (χ0) is 18.1. The van der Waals surface area contributed by atoms with Gasteiger partial charge in [-0.05, 0) is 50.2 Å². The van der Waals surface area contributed by atoms with Gasteiger partial charge >= 0.3 is 6.03 Å². The van der Waals surface area contributed by atoms with Crippen molar-refractivity contribution >= 4 is 11.7 Å². The van der Waals surface area contributed by atoms with Gasteiger partial charge in [0.05, 0.1) is 5.60 Å². The molecule has 1 aromatic heterocycles. The van der Waals surface area contributed by atoms with E-state index in [4.69, 9.17) is 0 Å². The molecule has 0 spiro atoms. The van der Waals surface area contributed by atoms with Crippen molar-refractivity contribution in [3.8, 4) is 0 Å². The molecule has 6 heteroatoms. The van der Waals surface area contributed by atoms with Gasteiger partial charge in [0, 0.05) is 44.3 Å². The first-order chi connectivity index (χ1) is 12.1. The van der Waals surface area contributed by atoms with Gasteiger partial charge in [0.15, 0.2) is 0 Å². The summed E-state index contributed by atoms with van der Waals surface area (Å²) < 4.78 is 0. The first-order valence-corrected chi connectivity index (χ1v) is 9.45. The summed E-state index contributed by atoms with van der Waals surface area (Å²) in [4.78, 5) is 18.3. The molecule has 2 heterocycles. The van der Waals surface area contributed by atoms with Crippen molar-refractivity contribution < 1.29 is 9.90 Å². The Morgan fingerprint density at radius 1 is 1.24 bits per heavy atom. The zero-order valence-corrected chi connectivity index (χ0v) is 15.5. The van der Waals surface area contributed by atoms with E-state index in [0.717, 1.165) is 32.4 Å². The van der Waals surface area contributed by atoms with Gasteiger partial charge in [-0.1, -0.05) is 13.8 Å². The van der Waals surface area contributed by atoms with Crippen molar-refractivity contribution in [3.05, 3.63) is 24.5 Å². The molecule has 1 aliphatic heterocycles. The summed E-state index contributed by atoms with van der Waals surface area (Å²) in [7, 11) is 0. The average Bonchev–Trinajstić information content (AvgIpc) is 2.67. The summed E-state index contributed by atoms with van der Waals surface area (Å²) >= 11 is 0. The van der Waals surface area contributed by atoms with Crippen LogP contribution in [0.2, 0.25) is 0 Å². The number of hydrogen-bond acceptors (Lipinski definition) is 4. The predicted octanol–water partition coefficient (Wildman–Crippen LogP) is 2.54. The molecule has 0 aliphatic carbocycles. The van der Waals surface area contributed by atoms with E-state index >= 15 is 0 Å². The van der Waals surface area contributed by atoms with Crippen LogP contribution in [0.5, 0.6) is 0 Å². The molecule has 140 valence electrons. The smallest absolute Gasteiger partial charge is 0.314 e. The largest absolute Gasteiger partial charge is 0.388 e. The van der Waals surface area contributed by atoms with Gasteiger partial charge in [-0.15, -0.1) is 0 Å². The van der Waals surface area contributed by atoms with E-state index in [1.807, 2.05) is 26.2 Å². The molecule has 0 radical (unpaired) electrons. The van der Waals surface area contributed by atoms with E-state index in [-0.39, 0.29) is 6.03 Å². The molecule has 6 nitrogen and oxygen atoms in total. The Balaban J connectivity index is 1.61. The van der Waals surface area contributed by atoms with E-state index in [1.165, 1.54) is 5.69 Å². The van der Waals surface area contributed by atoms with Crippen LogP contribution in [0, 0.1) is 5.92 Å². The summed E-state index contributed by atoms with van der Waals surface area (Å²) in [5.41, 5.74) is 0.446. The molecule has 3 N–H and O–H groups in total. The summed E-state index contributed by atoms with van der Waals surface area (Å²) in [6.45, 7) is 6.96. The Bertz CT molecular complexity index is 511. The van der Waals surface area contributed by atoms with Gasteiger partial charge in [0.25, 0.3) is 0 Å². The summed E-state index contributed by atoms with van der Waals surface area (Å²) in [6.07, 6.45) is 8.25. The van der Waals surface area contributed by atoms with Crippen molar-refractivity contribution in [3.63, 3.8) is 0 Å². The maximum atomic E-state index is 11.9. The van der Waals surface area contributed by atoms with Gasteiger partial charge in [-0.25, -0.2) is 4.79 Å². The molecule has 0 atom stereocenters. The number of anilines is 1. The van der Waals surface area contributed by atoms with Crippen LogP contribution >= 0.6 is 0 Å². The number of aliphatic hydroxyl groups is 1. The average molecular weight is 348 g/mol. The molecule has 0 saturated carbocycles. The Hall–Kier alpha value is -1.82. The first kappa shape index (κ1) is 19.5. The van der Waals surface area contributed by atoms with E-state index in [1.54, 1.807) is 0 Å². The van der Waals surface area contributed by atoms with Crippen LogP contribution in [0.4, 0.5) is 10.5 Å². The van der Waals surface area contributed by atoms with Crippen LogP contribution in [-0.4, -0.2) is 47.9 Å². The lowest BCUT2D eigenvalue weighted by atomic mass is 9.93. The lowest BCUT2D eigenvalue weighted by molar-refractivity contribution is 0.0349. The molecule has 1 fully saturated rings. The topological polar surface area (TPSA) is 77.5 Å². The third kappa shape index (κ3) is 6.20. The second-order valence-electron chi connectivity index (χ2n) is 6.97. The summed E-state index contributed by atoms with van der Waals surface area (Å²) in [5.74, 6) is 0.654. The third-order valence-corrected chi connectivity index (χ3v) is 5.37. The maximum absolute atomic E-state index is 11.9. The van der Waals surface area contributed by atoms with Gasteiger partial charge in [0.1, 0.15) is 0 Å². The van der Waals surface area contributed by atoms with Crippen LogP contribution in [0.25, 0.3) is 0 Å². The molecule has 2 rings (SSSR count).